The molecular weight excluding hydrogens is 346 g/mol. The van der Waals surface area contributed by atoms with Gasteiger partial charge in [0.05, 0.1) is 0 Å². The van der Waals surface area contributed by atoms with Crippen LogP contribution in [0.4, 0.5) is 17.6 Å². The van der Waals surface area contributed by atoms with Crippen LogP contribution in [0.3, 0.4) is 0 Å². The molecule has 2 N–H and O–H groups in total. The smallest absolute Gasteiger partial charge is 0.185 e. The maximum atomic E-state index is 13.4. The summed E-state index contributed by atoms with van der Waals surface area (Å²) in [6.45, 7) is 0. The number of nitrogens with two attached hydrogens (primary N) is 1. The second-order valence-corrected chi connectivity index (χ2v) is 6.18. The van der Waals surface area contributed by atoms with Gasteiger partial charge in [0.2, 0.25) is 0 Å². The summed E-state index contributed by atoms with van der Waals surface area (Å²) in [6.07, 6.45) is 3.49. The Labute approximate surface area is 147 Å². The van der Waals surface area contributed by atoms with E-state index in [1.165, 1.54) is 24.3 Å². The highest BCUT2D eigenvalue weighted by Crippen LogP contribution is 2.28. The topological polar surface area (TPSA) is 43.1 Å². The molecule has 134 valence electrons. The molecule has 0 atom stereocenters. The van der Waals surface area contributed by atoms with Crippen LogP contribution >= 0.6 is 0 Å². The van der Waals surface area contributed by atoms with Gasteiger partial charge in [0.15, 0.2) is 29.1 Å². The fraction of sp³-hybridized carbons (Fsp3) is 0.150. The van der Waals surface area contributed by atoms with Crippen LogP contribution in [0.2, 0.25) is 0 Å². The van der Waals surface area contributed by atoms with Crippen molar-refractivity contribution in [1.29, 1.82) is 0 Å². The molecule has 0 aliphatic heterocycles. The van der Waals surface area contributed by atoms with E-state index in [1.807, 2.05) is 0 Å². The van der Waals surface area contributed by atoms with Crippen molar-refractivity contribution in [1.82, 2.24) is 0 Å². The Balaban J connectivity index is 1.94. The highest BCUT2D eigenvalue weighted by atomic mass is 19.2. The molecule has 1 aliphatic carbocycles. The van der Waals surface area contributed by atoms with Crippen LogP contribution in [0.25, 0.3) is 12.2 Å². The fourth-order valence-corrected chi connectivity index (χ4v) is 2.88. The number of hydrogen-bond donors (Lipinski definition) is 1. The summed E-state index contributed by atoms with van der Waals surface area (Å²) in [5.74, 6) is -4.27. The molecule has 0 spiro atoms. The summed E-state index contributed by atoms with van der Waals surface area (Å²) in [5, 5.41) is 0. The molecule has 2 aromatic rings. The maximum Gasteiger partial charge on any atom is 0.185 e. The molecule has 1 saturated carbocycles. The van der Waals surface area contributed by atoms with E-state index < -0.39 is 23.3 Å². The summed E-state index contributed by atoms with van der Waals surface area (Å²) in [7, 11) is 0. The van der Waals surface area contributed by atoms with E-state index in [1.54, 1.807) is 0 Å². The largest absolute Gasteiger partial charge is 0.327 e. The van der Waals surface area contributed by atoms with Gasteiger partial charge in [0, 0.05) is 17.2 Å². The Morgan fingerprint density at radius 3 is 1.58 bits per heavy atom. The fourth-order valence-electron chi connectivity index (χ4n) is 2.88. The number of halogens is 4. The van der Waals surface area contributed by atoms with Crippen molar-refractivity contribution in [2.45, 2.75) is 18.9 Å². The first kappa shape index (κ1) is 18.1. The first-order chi connectivity index (χ1) is 12.3. The molecule has 6 heteroatoms. The van der Waals surface area contributed by atoms with Gasteiger partial charge < -0.3 is 5.73 Å². The van der Waals surface area contributed by atoms with Crippen LogP contribution in [0.15, 0.2) is 47.5 Å². The Bertz CT molecular complexity index is 860. The number of hydrogen-bond acceptors (Lipinski definition) is 2. The van der Waals surface area contributed by atoms with Gasteiger partial charge in [-0.2, -0.15) is 0 Å². The third-order valence-electron chi connectivity index (χ3n) is 4.12. The molecule has 0 heterocycles. The van der Waals surface area contributed by atoms with Crippen molar-refractivity contribution in [3.63, 3.8) is 0 Å². The lowest BCUT2D eigenvalue weighted by atomic mass is 9.84. The number of benzene rings is 2. The van der Waals surface area contributed by atoms with E-state index in [4.69, 9.17) is 5.73 Å². The van der Waals surface area contributed by atoms with Gasteiger partial charge in [0.1, 0.15) is 0 Å². The van der Waals surface area contributed by atoms with Crippen LogP contribution in [0, 0.1) is 23.3 Å². The molecule has 0 amide bonds. The summed E-state index contributed by atoms with van der Waals surface area (Å²) in [4.78, 5) is 12.7. The highest BCUT2D eigenvalue weighted by Gasteiger charge is 2.25. The van der Waals surface area contributed by atoms with Crippen molar-refractivity contribution in [2.24, 2.45) is 5.73 Å². The molecule has 0 unspecified atom stereocenters. The van der Waals surface area contributed by atoms with Crippen LogP contribution in [-0.4, -0.2) is 11.8 Å². The SMILES string of the molecule is NC1C/C(=C\c2ccc(F)c(F)c2)C(=O)/C(=C/c2ccc(F)c(F)c2)C1. The lowest BCUT2D eigenvalue weighted by molar-refractivity contribution is -0.112. The summed E-state index contributed by atoms with van der Waals surface area (Å²) in [5.41, 5.74) is 7.37. The predicted octanol–water partition coefficient (Wildman–Crippen LogP) is 4.40. The monoisotopic (exact) mass is 361 g/mol. The van der Waals surface area contributed by atoms with Crippen molar-refractivity contribution >= 4 is 17.9 Å². The first-order valence-corrected chi connectivity index (χ1v) is 7.95. The van der Waals surface area contributed by atoms with E-state index in [-0.39, 0.29) is 24.7 Å². The van der Waals surface area contributed by atoms with Crippen LogP contribution in [0.1, 0.15) is 24.0 Å². The van der Waals surface area contributed by atoms with Crippen molar-refractivity contribution in [2.75, 3.05) is 0 Å². The number of Topliss-reactive ketones (excluding diaryl/α,β-unsaturated/α-hetero) is 1. The van der Waals surface area contributed by atoms with E-state index in [0.29, 0.717) is 22.3 Å². The van der Waals surface area contributed by atoms with Crippen molar-refractivity contribution in [3.8, 4) is 0 Å². The van der Waals surface area contributed by atoms with Gasteiger partial charge >= 0.3 is 0 Å². The Morgan fingerprint density at radius 1 is 0.769 bits per heavy atom. The van der Waals surface area contributed by atoms with Gasteiger partial charge in [-0.05, 0) is 60.4 Å². The second-order valence-electron chi connectivity index (χ2n) is 6.18. The zero-order valence-corrected chi connectivity index (χ0v) is 13.6. The zero-order chi connectivity index (χ0) is 18.8. The third-order valence-corrected chi connectivity index (χ3v) is 4.12. The van der Waals surface area contributed by atoms with Gasteiger partial charge in [-0.3, -0.25) is 4.79 Å². The van der Waals surface area contributed by atoms with E-state index in [9.17, 15) is 22.4 Å². The summed E-state index contributed by atoms with van der Waals surface area (Å²) >= 11 is 0. The number of carbonyl (C=O) groups excluding carboxylic acids is 1. The maximum absolute atomic E-state index is 13.4. The summed E-state index contributed by atoms with van der Waals surface area (Å²) in [6, 6.07) is 6.32. The minimum absolute atomic E-state index is 0.285. The number of rotatable bonds is 2. The molecule has 1 aliphatic rings. The Hall–Kier alpha value is -2.73. The van der Waals surface area contributed by atoms with Gasteiger partial charge in [-0.1, -0.05) is 12.1 Å². The molecule has 2 aromatic carbocycles. The lowest BCUT2D eigenvalue weighted by Crippen LogP contribution is -2.30. The highest BCUT2D eigenvalue weighted by molar-refractivity contribution is 6.14. The van der Waals surface area contributed by atoms with E-state index in [2.05, 4.69) is 0 Å². The Kier molecular flexibility index (Phi) is 5.04. The van der Waals surface area contributed by atoms with E-state index >= 15 is 0 Å². The molecule has 26 heavy (non-hydrogen) atoms. The van der Waals surface area contributed by atoms with Gasteiger partial charge in [-0.25, -0.2) is 17.6 Å². The molecule has 0 saturated heterocycles. The number of ketones is 1. The molecule has 1 fully saturated rings. The van der Waals surface area contributed by atoms with Crippen LogP contribution in [-0.2, 0) is 4.79 Å². The third kappa shape index (κ3) is 3.91. The second kappa shape index (κ2) is 7.25. The molecule has 0 bridgehead atoms. The molecule has 3 rings (SSSR count). The molecule has 0 aromatic heterocycles. The average molecular weight is 361 g/mol. The quantitative estimate of drug-likeness (QED) is 0.636. The minimum atomic E-state index is -1.01. The average Bonchev–Trinajstić information content (AvgIpc) is 2.58. The lowest BCUT2D eigenvalue weighted by Gasteiger charge is -2.22. The van der Waals surface area contributed by atoms with Gasteiger partial charge in [0.25, 0.3) is 0 Å². The Morgan fingerprint density at radius 2 is 1.19 bits per heavy atom. The minimum Gasteiger partial charge on any atom is -0.327 e. The standard InChI is InChI=1S/C20H15F4NO/c21-16-3-1-11(7-18(16)23)5-13-9-15(25)10-14(20(13)26)6-12-2-4-17(22)19(24)8-12/h1-8,15H,9-10,25H2/b13-5+,14-6+. The van der Waals surface area contributed by atoms with Crippen LogP contribution in [0.5, 0.6) is 0 Å². The first-order valence-electron chi connectivity index (χ1n) is 7.95. The van der Waals surface area contributed by atoms with Crippen molar-refractivity contribution < 1.29 is 22.4 Å². The normalized spacial score (nSPS) is 20.8. The van der Waals surface area contributed by atoms with Gasteiger partial charge in [-0.15, -0.1) is 0 Å². The van der Waals surface area contributed by atoms with Crippen molar-refractivity contribution in [3.05, 3.63) is 81.9 Å². The van der Waals surface area contributed by atoms with E-state index in [0.717, 1.165) is 24.3 Å². The zero-order valence-electron chi connectivity index (χ0n) is 13.6. The molecular formula is C20H15F4NO. The number of carbonyl (C=O) groups is 1. The van der Waals surface area contributed by atoms with Crippen LogP contribution < -0.4 is 5.73 Å². The molecule has 0 radical (unpaired) electrons. The molecule has 2 nitrogen and oxygen atoms in total. The predicted molar refractivity (Wildman–Crippen MR) is 90.9 cm³/mol. The summed E-state index contributed by atoms with van der Waals surface area (Å²) < 4.78 is 52.8.